The summed E-state index contributed by atoms with van der Waals surface area (Å²) in [6.07, 6.45) is 0.544. The van der Waals surface area contributed by atoms with E-state index in [0.29, 0.717) is 18.5 Å². The first-order valence-corrected chi connectivity index (χ1v) is 10.5. The summed E-state index contributed by atoms with van der Waals surface area (Å²) in [4.78, 5) is 29.5. The molecule has 1 aromatic heterocycles. The van der Waals surface area contributed by atoms with Gasteiger partial charge in [0.1, 0.15) is 5.37 Å². The third kappa shape index (κ3) is 4.02. The van der Waals surface area contributed by atoms with Crippen molar-refractivity contribution in [3.05, 3.63) is 22.5 Å². The van der Waals surface area contributed by atoms with Crippen molar-refractivity contribution in [2.75, 3.05) is 52.3 Å². The zero-order chi connectivity index (χ0) is 19.6. The molecule has 2 saturated heterocycles. The molecular weight excluding hydrogens is 366 g/mol. The van der Waals surface area contributed by atoms with Crippen LogP contribution in [0.5, 0.6) is 0 Å². The highest BCUT2D eigenvalue weighted by Crippen LogP contribution is 2.42. The summed E-state index contributed by atoms with van der Waals surface area (Å²) in [6.45, 7) is 8.71. The number of rotatable bonds is 5. The average Bonchev–Trinajstić information content (AvgIpc) is 2.91. The SMILES string of the molecule is COC(=O)c1c(C2SCCC(=O)N2CCN2CCOCC2)c(C)n(C)c1C. The van der Waals surface area contributed by atoms with Crippen LogP contribution in [-0.2, 0) is 21.3 Å². The minimum Gasteiger partial charge on any atom is -0.465 e. The highest BCUT2D eigenvalue weighted by molar-refractivity contribution is 7.99. The molecule has 2 aliphatic rings. The molecule has 8 heteroatoms. The zero-order valence-electron chi connectivity index (χ0n) is 16.6. The fourth-order valence-electron chi connectivity index (χ4n) is 3.81. The molecule has 1 amide bonds. The number of hydrogen-bond acceptors (Lipinski definition) is 6. The molecule has 1 unspecified atom stereocenters. The number of thioether (sulfide) groups is 1. The fraction of sp³-hybridized carbons (Fsp3) is 0.684. The van der Waals surface area contributed by atoms with Gasteiger partial charge in [0.25, 0.3) is 0 Å². The van der Waals surface area contributed by atoms with Gasteiger partial charge >= 0.3 is 5.97 Å². The molecule has 3 heterocycles. The summed E-state index contributed by atoms with van der Waals surface area (Å²) < 4.78 is 12.5. The van der Waals surface area contributed by atoms with E-state index >= 15 is 0 Å². The van der Waals surface area contributed by atoms with Gasteiger partial charge in [-0.2, -0.15) is 0 Å². The van der Waals surface area contributed by atoms with Gasteiger partial charge in [0, 0.05) is 62.4 Å². The molecule has 0 aliphatic carbocycles. The topological polar surface area (TPSA) is 64.0 Å². The summed E-state index contributed by atoms with van der Waals surface area (Å²) in [6, 6.07) is 0. The molecule has 0 spiro atoms. The van der Waals surface area contributed by atoms with E-state index in [1.165, 1.54) is 7.11 Å². The molecule has 0 bridgehead atoms. The highest BCUT2D eigenvalue weighted by Gasteiger charge is 2.36. The van der Waals surface area contributed by atoms with E-state index in [2.05, 4.69) is 4.90 Å². The summed E-state index contributed by atoms with van der Waals surface area (Å²) in [5.41, 5.74) is 3.40. The maximum Gasteiger partial charge on any atom is 0.340 e. The van der Waals surface area contributed by atoms with Gasteiger partial charge in [0.05, 0.1) is 25.9 Å². The Morgan fingerprint density at radius 1 is 1.22 bits per heavy atom. The smallest absolute Gasteiger partial charge is 0.340 e. The minimum absolute atomic E-state index is 0.152. The van der Waals surface area contributed by atoms with Crippen LogP contribution in [0.1, 0.15) is 39.1 Å². The van der Waals surface area contributed by atoms with Crippen LogP contribution in [0.15, 0.2) is 0 Å². The van der Waals surface area contributed by atoms with E-state index in [1.807, 2.05) is 30.4 Å². The number of carbonyl (C=O) groups excluding carboxylic acids is 2. The lowest BCUT2D eigenvalue weighted by Crippen LogP contribution is -2.45. The summed E-state index contributed by atoms with van der Waals surface area (Å²) in [5.74, 6) is 0.590. The lowest BCUT2D eigenvalue weighted by Gasteiger charge is -2.37. The predicted octanol–water partition coefficient (Wildman–Crippen LogP) is 1.72. The van der Waals surface area contributed by atoms with Crippen molar-refractivity contribution in [1.82, 2.24) is 14.4 Å². The van der Waals surface area contributed by atoms with E-state index < -0.39 is 0 Å². The van der Waals surface area contributed by atoms with Crippen molar-refractivity contribution < 1.29 is 19.1 Å². The molecule has 0 aromatic carbocycles. The summed E-state index contributed by atoms with van der Waals surface area (Å²) in [7, 11) is 3.36. The first-order valence-electron chi connectivity index (χ1n) is 9.41. The molecule has 150 valence electrons. The van der Waals surface area contributed by atoms with Crippen molar-refractivity contribution >= 4 is 23.6 Å². The van der Waals surface area contributed by atoms with Gasteiger partial charge in [0.15, 0.2) is 0 Å². The third-order valence-corrected chi connectivity index (χ3v) is 6.87. The largest absolute Gasteiger partial charge is 0.465 e. The molecule has 2 aliphatic heterocycles. The Morgan fingerprint density at radius 2 is 1.93 bits per heavy atom. The molecule has 3 rings (SSSR count). The number of nitrogens with zero attached hydrogens (tertiary/aromatic N) is 3. The monoisotopic (exact) mass is 395 g/mol. The number of amides is 1. The normalized spacial score (nSPS) is 21.6. The number of carbonyl (C=O) groups is 2. The lowest BCUT2D eigenvalue weighted by atomic mass is 10.1. The molecular formula is C19H29N3O4S. The summed E-state index contributed by atoms with van der Waals surface area (Å²) >= 11 is 1.73. The van der Waals surface area contributed by atoms with Crippen molar-refractivity contribution in [3.63, 3.8) is 0 Å². The van der Waals surface area contributed by atoms with Crippen molar-refractivity contribution in [2.45, 2.75) is 25.6 Å². The second-order valence-electron chi connectivity index (χ2n) is 7.02. The molecule has 2 fully saturated rings. The van der Waals surface area contributed by atoms with Gasteiger partial charge in [-0.25, -0.2) is 4.79 Å². The van der Waals surface area contributed by atoms with Gasteiger partial charge in [-0.3, -0.25) is 9.69 Å². The number of morpholine rings is 1. The van der Waals surface area contributed by atoms with Gasteiger partial charge in [0.2, 0.25) is 5.91 Å². The van der Waals surface area contributed by atoms with E-state index in [1.54, 1.807) is 11.8 Å². The molecule has 1 aromatic rings. The molecule has 7 nitrogen and oxygen atoms in total. The molecule has 27 heavy (non-hydrogen) atoms. The number of methoxy groups -OCH3 is 1. The van der Waals surface area contributed by atoms with E-state index in [0.717, 1.165) is 55.6 Å². The van der Waals surface area contributed by atoms with Crippen LogP contribution in [0.3, 0.4) is 0 Å². The van der Waals surface area contributed by atoms with E-state index in [-0.39, 0.29) is 17.3 Å². The van der Waals surface area contributed by atoms with Crippen LogP contribution in [-0.4, -0.2) is 78.5 Å². The third-order valence-electron chi connectivity index (χ3n) is 5.62. The predicted molar refractivity (Wildman–Crippen MR) is 105 cm³/mol. The first-order chi connectivity index (χ1) is 13.0. The Hall–Kier alpha value is -1.51. The van der Waals surface area contributed by atoms with Gasteiger partial charge in [-0.05, 0) is 13.8 Å². The summed E-state index contributed by atoms with van der Waals surface area (Å²) in [5, 5.41) is -0.152. The van der Waals surface area contributed by atoms with Crippen LogP contribution in [0, 0.1) is 13.8 Å². The van der Waals surface area contributed by atoms with Crippen LogP contribution < -0.4 is 0 Å². The Kier molecular flexibility index (Phi) is 6.49. The lowest BCUT2D eigenvalue weighted by molar-refractivity contribution is -0.132. The van der Waals surface area contributed by atoms with Crippen LogP contribution >= 0.6 is 11.8 Å². The zero-order valence-corrected chi connectivity index (χ0v) is 17.4. The van der Waals surface area contributed by atoms with Crippen molar-refractivity contribution in [3.8, 4) is 0 Å². The van der Waals surface area contributed by atoms with Crippen molar-refractivity contribution in [1.29, 1.82) is 0 Å². The molecule has 1 atom stereocenters. The number of hydrogen-bond donors (Lipinski definition) is 0. The van der Waals surface area contributed by atoms with Gasteiger partial charge in [-0.1, -0.05) is 0 Å². The average molecular weight is 396 g/mol. The Morgan fingerprint density at radius 3 is 2.59 bits per heavy atom. The maximum absolute atomic E-state index is 12.8. The van der Waals surface area contributed by atoms with Crippen molar-refractivity contribution in [2.24, 2.45) is 7.05 Å². The molecule has 0 N–H and O–H groups in total. The Bertz CT molecular complexity index is 712. The van der Waals surface area contributed by atoms with Gasteiger partial charge < -0.3 is 18.9 Å². The number of esters is 1. The van der Waals surface area contributed by atoms with Crippen LogP contribution in [0.4, 0.5) is 0 Å². The van der Waals surface area contributed by atoms with E-state index in [9.17, 15) is 9.59 Å². The second kappa shape index (κ2) is 8.67. The second-order valence-corrected chi connectivity index (χ2v) is 8.21. The fourth-order valence-corrected chi connectivity index (χ4v) is 5.19. The van der Waals surface area contributed by atoms with Crippen LogP contribution in [0.2, 0.25) is 0 Å². The maximum atomic E-state index is 12.8. The first kappa shape index (κ1) is 20.2. The number of ether oxygens (including phenoxy) is 2. The quantitative estimate of drug-likeness (QED) is 0.708. The minimum atomic E-state index is -0.335. The molecule has 0 radical (unpaired) electrons. The number of aromatic nitrogens is 1. The highest BCUT2D eigenvalue weighted by atomic mass is 32.2. The van der Waals surface area contributed by atoms with Gasteiger partial charge in [-0.15, -0.1) is 11.8 Å². The Labute approximate surface area is 165 Å². The molecule has 0 saturated carbocycles. The van der Waals surface area contributed by atoms with E-state index in [4.69, 9.17) is 9.47 Å². The Balaban J connectivity index is 1.89. The van der Waals surface area contributed by atoms with Crippen LogP contribution in [0.25, 0.3) is 0 Å². The standard InChI is InChI=1S/C19H29N3O4S/c1-13-16(17(19(24)25-4)14(2)20(13)3)18-22(15(23)5-12-27-18)7-6-21-8-10-26-11-9-21/h18H,5-12H2,1-4H3.